The average molecular weight is 401 g/mol. The summed E-state index contributed by atoms with van der Waals surface area (Å²) in [5.41, 5.74) is 2.63. The van der Waals surface area contributed by atoms with E-state index in [0.29, 0.717) is 16.8 Å². The molecule has 0 aliphatic heterocycles. The minimum Gasteiger partial charge on any atom is -0.355 e. The van der Waals surface area contributed by atoms with E-state index < -0.39 is 15.9 Å². The molecule has 0 radical (unpaired) electrons. The lowest BCUT2D eigenvalue weighted by atomic mass is 10.1. The van der Waals surface area contributed by atoms with Crippen LogP contribution in [0.5, 0.6) is 0 Å². The Bertz CT molecular complexity index is 1040. The minimum atomic E-state index is -3.66. The molecule has 3 N–H and O–H groups in total. The van der Waals surface area contributed by atoms with Crippen LogP contribution in [0, 0.1) is 13.8 Å². The summed E-state index contributed by atoms with van der Waals surface area (Å²) in [6, 6.07) is 9.49. The number of rotatable bonds is 6. The van der Waals surface area contributed by atoms with Gasteiger partial charge < -0.3 is 10.6 Å². The number of anilines is 1. The van der Waals surface area contributed by atoms with Gasteiger partial charge in [0.1, 0.15) is 0 Å². The van der Waals surface area contributed by atoms with E-state index in [-0.39, 0.29) is 22.4 Å². The van der Waals surface area contributed by atoms with Gasteiger partial charge in [0.05, 0.1) is 4.90 Å². The predicted octanol–water partition coefficient (Wildman–Crippen LogP) is 2.36. The molecule has 1 fully saturated rings. The first kappa shape index (κ1) is 20.0. The molecule has 28 heavy (non-hydrogen) atoms. The molecule has 0 heterocycles. The summed E-state index contributed by atoms with van der Waals surface area (Å²) in [4.78, 5) is 24.7. The third-order valence-electron chi connectivity index (χ3n) is 4.64. The molecule has 7 nitrogen and oxygen atoms in total. The molecular weight excluding hydrogens is 378 g/mol. The normalized spacial score (nSPS) is 13.8. The van der Waals surface area contributed by atoms with Gasteiger partial charge in [-0.05, 0) is 62.1 Å². The molecule has 1 saturated carbocycles. The fourth-order valence-corrected chi connectivity index (χ4v) is 4.06. The molecular formula is C20H23N3O4S. The molecule has 0 saturated heterocycles. The van der Waals surface area contributed by atoms with Crippen molar-refractivity contribution >= 4 is 27.5 Å². The SMILES string of the molecule is CNC(=O)c1ccc(C)c(NC(=O)c2cc(S(=O)(=O)NC3CC3)ccc2C)c1. The van der Waals surface area contributed by atoms with Crippen molar-refractivity contribution in [2.24, 2.45) is 0 Å². The Hall–Kier alpha value is -2.71. The number of sulfonamides is 1. The summed E-state index contributed by atoms with van der Waals surface area (Å²) < 4.78 is 27.5. The molecule has 0 unspecified atom stereocenters. The molecule has 8 heteroatoms. The highest BCUT2D eigenvalue weighted by Crippen LogP contribution is 2.24. The van der Waals surface area contributed by atoms with Gasteiger partial charge in [-0.1, -0.05) is 12.1 Å². The molecule has 2 aromatic rings. The molecule has 0 bridgehead atoms. The van der Waals surface area contributed by atoms with Gasteiger partial charge in [0.2, 0.25) is 10.0 Å². The smallest absolute Gasteiger partial charge is 0.255 e. The predicted molar refractivity (Wildman–Crippen MR) is 107 cm³/mol. The van der Waals surface area contributed by atoms with E-state index in [1.54, 1.807) is 31.2 Å². The number of carbonyl (C=O) groups excluding carboxylic acids is 2. The number of nitrogens with one attached hydrogen (secondary N) is 3. The highest BCUT2D eigenvalue weighted by atomic mass is 32.2. The van der Waals surface area contributed by atoms with Crippen molar-refractivity contribution in [3.63, 3.8) is 0 Å². The Balaban J connectivity index is 1.88. The van der Waals surface area contributed by atoms with Crippen LogP contribution in [0.4, 0.5) is 5.69 Å². The Morgan fingerprint density at radius 2 is 1.64 bits per heavy atom. The van der Waals surface area contributed by atoms with Gasteiger partial charge >= 0.3 is 0 Å². The number of aryl methyl sites for hydroxylation is 2. The summed E-state index contributed by atoms with van der Waals surface area (Å²) in [5, 5.41) is 5.33. The lowest BCUT2D eigenvalue weighted by molar-refractivity contribution is 0.0961. The van der Waals surface area contributed by atoms with Crippen LogP contribution in [0.3, 0.4) is 0 Å². The van der Waals surface area contributed by atoms with Crippen LogP contribution >= 0.6 is 0 Å². The third-order valence-corrected chi connectivity index (χ3v) is 6.16. The monoisotopic (exact) mass is 401 g/mol. The van der Waals surface area contributed by atoms with Gasteiger partial charge in [-0.15, -0.1) is 0 Å². The molecule has 0 atom stereocenters. The molecule has 3 rings (SSSR count). The summed E-state index contributed by atoms with van der Waals surface area (Å²) in [7, 11) is -2.12. The molecule has 0 aromatic heterocycles. The fraction of sp³-hybridized carbons (Fsp3) is 0.300. The number of benzene rings is 2. The lowest BCUT2D eigenvalue weighted by Crippen LogP contribution is -2.26. The molecule has 1 aliphatic carbocycles. The van der Waals surface area contributed by atoms with Gasteiger partial charge in [-0.3, -0.25) is 9.59 Å². The topological polar surface area (TPSA) is 104 Å². The van der Waals surface area contributed by atoms with Crippen molar-refractivity contribution in [3.8, 4) is 0 Å². The first-order valence-corrected chi connectivity index (χ1v) is 10.5. The van der Waals surface area contributed by atoms with E-state index in [1.807, 2.05) is 6.92 Å². The lowest BCUT2D eigenvalue weighted by Gasteiger charge is -2.13. The first-order chi connectivity index (χ1) is 13.2. The largest absolute Gasteiger partial charge is 0.355 e. The van der Waals surface area contributed by atoms with E-state index in [2.05, 4.69) is 15.4 Å². The van der Waals surface area contributed by atoms with Crippen molar-refractivity contribution in [3.05, 3.63) is 58.7 Å². The maximum Gasteiger partial charge on any atom is 0.255 e. The summed E-state index contributed by atoms with van der Waals surface area (Å²) in [6.07, 6.45) is 1.67. The maximum absolute atomic E-state index is 12.8. The van der Waals surface area contributed by atoms with Crippen molar-refractivity contribution in [2.45, 2.75) is 37.6 Å². The number of carbonyl (C=O) groups is 2. The molecule has 2 amide bonds. The number of hydrogen-bond acceptors (Lipinski definition) is 4. The van der Waals surface area contributed by atoms with Gasteiger partial charge in [-0.25, -0.2) is 13.1 Å². The average Bonchev–Trinajstić information content (AvgIpc) is 3.46. The van der Waals surface area contributed by atoms with E-state index in [9.17, 15) is 18.0 Å². The van der Waals surface area contributed by atoms with Crippen LogP contribution < -0.4 is 15.4 Å². The van der Waals surface area contributed by atoms with Crippen LogP contribution in [0.25, 0.3) is 0 Å². The van der Waals surface area contributed by atoms with Crippen LogP contribution in [0.1, 0.15) is 44.7 Å². The van der Waals surface area contributed by atoms with E-state index in [1.165, 1.54) is 19.2 Å². The van der Waals surface area contributed by atoms with E-state index in [4.69, 9.17) is 0 Å². The first-order valence-electron chi connectivity index (χ1n) is 8.98. The standard InChI is InChI=1S/C20H23N3O4S/c1-12-5-9-16(28(26,27)23-15-7-8-15)11-17(12)20(25)22-18-10-14(19(24)21-3)6-4-13(18)2/h4-6,9-11,15,23H,7-8H2,1-3H3,(H,21,24)(H,22,25). The van der Waals surface area contributed by atoms with Crippen LogP contribution in [0.15, 0.2) is 41.3 Å². The summed E-state index contributed by atoms with van der Waals surface area (Å²) >= 11 is 0. The highest BCUT2D eigenvalue weighted by molar-refractivity contribution is 7.89. The Morgan fingerprint density at radius 3 is 2.29 bits per heavy atom. The van der Waals surface area contributed by atoms with Gasteiger partial charge in [-0.2, -0.15) is 0 Å². The summed E-state index contributed by atoms with van der Waals surface area (Å²) in [5.74, 6) is -0.691. The van der Waals surface area contributed by atoms with E-state index >= 15 is 0 Å². The Morgan fingerprint density at radius 1 is 0.964 bits per heavy atom. The van der Waals surface area contributed by atoms with Gasteiger partial charge in [0.25, 0.3) is 11.8 Å². The second-order valence-corrected chi connectivity index (χ2v) is 8.65. The summed E-state index contributed by atoms with van der Waals surface area (Å²) in [6.45, 7) is 3.56. The highest BCUT2D eigenvalue weighted by Gasteiger charge is 2.28. The molecule has 2 aromatic carbocycles. The third kappa shape index (κ3) is 4.40. The van der Waals surface area contributed by atoms with Crippen molar-refractivity contribution in [1.29, 1.82) is 0 Å². The van der Waals surface area contributed by atoms with Crippen LogP contribution in [-0.2, 0) is 10.0 Å². The van der Waals surface area contributed by atoms with Gasteiger partial charge in [0.15, 0.2) is 0 Å². The zero-order valence-corrected chi connectivity index (χ0v) is 16.8. The number of amides is 2. The van der Waals surface area contributed by atoms with Crippen molar-refractivity contribution in [1.82, 2.24) is 10.0 Å². The molecule has 148 valence electrons. The van der Waals surface area contributed by atoms with Crippen LogP contribution in [-0.4, -0.2) is 33.3 Å². The van der Waals surface area contributed by atoms with E-state index in [0.717, 1.165) is 18.4 Å². The van der Waals surface area contributed by atoms with Crippen molar-refractivity contribution < 1.29 is 18.0 Å². The van der Waals surface area contributed by atoms with Gasteiger partial charge in [0, 0.05) is 29.9 Å². The molecule has 1 aliphatic rings. The second-order valence-electron chi connectivity index (χ2n) is 6.94. The second kappa shape index (κ2) is 7.73. The Kier molecular flexibility index (Phi) is 5.53. The van der Waals surface area contributed by atoms with Crippen molar-refractivity contribution in [2.75, 3.05) is 12.4 Å². The fourth-order valence-electron chi connectivity index (χ4n) is 2.73. The minimum absolute atomic E-state index is 0.0151. The zero-order valence-electron chi connectivity index (χ0n) is 16.0. The Labute approximate surface area is 164 Å². The van der Waals surface area contributed by atoms with Crippen LogP contribution in [0.2, 0.25) is 0 Å². The number of hydrogen-bond donors (Lipinski definition) is 3. The maximum atomic E-state index is 12.8. The quantitative estimate of drug-likeness (QED) is 0.691. The molecule has 0 spiro atoms. The zero-order chi connectivity index (χ0) is 20.5.